The van der Waals surface area contributed by atoms with Crippen LogP contribution in [0.2, 0.25) is 0 Å². The van der Waals surface area contributed by atoms with Gasteiger partial charge in [0.05, 0.1) is 24.1 Å². The molecule has 0 aliphatic carbocycles. The summed E-state index contributed by atoms with van der Waals surface area (Å²) in [5.74, 6) is 0.591. The largest absolute Gasteiger partial charge is 0.462 e. The van der Waals surface area contributed by atoms with Crippen molar-refractivity contribution in [2.24, 2.45) is 4.99 Å². The maximum Gasteiger partial charge on any atom is 0.340 e. The van der Waals surface area contributed by atoms with Crippen molar-refractivity contribution in [1.82, 2.24) is 4.98 Å². The molecule has 0 amide bonds. The average molecular weight is 309 g/mol. The fraction of sp³-hybridized carbons (Fsp3) is 0.278. The maximum absolute atomic E-state index is 12.1. The van der Waals surface area contributed by atoms with Crippen LogP contribution in [0, 0.1) is 0 Å². The third-order valence-electron chi connectivity index (χ3n) is 3.71. The van der Waals surface area contributed by atoms with Gasteiger partial charge in [0.15, 0.2) is 0 Å². The van der Waals surface area contributed by atoms with E-state index in [9.17, 15) is 4.79 Å². The number of pyridine rings is 1. The molecule has 0 spiro atoms. The Labute approximate surface area is 135 Å². The number of rotatable bonds is 4. The summed E-state index contributed by atoms with van der Waals surface area (Å²) in [5.41, 5.74) is 2.13. The van der Waals surface area contributed by atoms with Gasteiger partial charge >= 0.3 is 5.97 Å². The van der Waals surface area contributed by atoms with Gasteiger partial charge in [-0.05, 0) is 31.5 Å². The highest BCUT2D eigenvalue weighted by Gasteiger charge is 2.21. The fourth-order valence-corrected chi connectivity index (χ4v) is 2.66. The van der Waals surface area contributed by atoms with Crippen molar-refractivity contribution in [3.05, 3.63) is 54.4 Å². The zero-order valence-electron chi connectivity index (χ0n) is 13.1. The first-order chi connectivity index (χ1) is 11.3. The normalized spacial score (nSPS) is 15.9. The number of hydrogen-bond acceptors (Lipinski definition) is 4. The van der Waals surface area contributed by atoms with Crippen LogP contribution in [0.4, 0.5) is 11.4 Å². The van der Waals surface area contributed by atoms with E-state index in [1.807, 2.05) is 18.2 Å². The van der Waals surface area contributed by atoms with Gasteiger partial charge in [0.25, 0.3) is 0 Å². The number of aromatic nitrogens is 1. The molecule has 0 N–H and O–H groups in total. The molecule has 0 atom stereocenters. The second-order valence-electron chi connectivity index (χ2n) is 5.23. The Hall–Kier alpha value is -2.69. The molecule has 0 bridgehead atoms. The van der Waals surface area contributed by atoms with Gasteiger partial charge in [0.1, 0.15) is 5.84 Å². The van der Waals surface area contributed by atoms with Crippen LogP contribution in [0.5, 0.6) is 0 Å². The van der Waals surface area contributed by atoms with E-state index in [0.717, 1.165) is 30.9 Å². The molecule has 2 heterocycles. The van der Waals surface area contributed by atoms with E-state index in [1.165, 1.54) is 0 Å². The molecule has 1 aliphatic heterocycles. The Balaban J connectivity index is 1.93. The summed E-state index contributed by atoms with van der Waals surface area (Å²) in [4.78, 5) is 23.0. The highest BCUT2D eigenvalue weighted by Crippen LogP contribution is 2.26. The minimum atomic E-state index is -0.362. The van der Waals surface area contributed by atoms with E-state index >= 15 is 0 Å². The van der Waals surface area contributed by atoms with Gasteiger partial charge in [-0.3, -0.25) is 4.98 Å². The summed E-state index contributed by atoms with van der Waals surface area (Å²) in [6, 6.07) is 11.8. The third kappa shape index (κ3) is 3.39. The quantitative estimate of drug-likeness (QED) is 0.810. The third-order valence-corrected chi connectivity index (χ3v) is 3.71. The van der Waals surface area contributed by atoms with E-state index in [0.29, 0.717) is 17.9 Å². The predicted octanol–water partition coefficient (Wildman–Crippen LogP) is 3.59. The average Bonchev–Trinajstić information content (AvgIpc) is 3.04. The SMILES string of the molecule is CCOC(=O)c1ccncc1/N=C1\CCCN1c1ccccc1. The van der Waals surface area contributed by atoms with Crippen LogP contribution in [0.3, 0.4) is 0 Å². The number of para-hydroxylation sites is 1. The molecule has 1 saturated heterocycles. The molecule has 23 heavy (non-hydrogen) atoms. The van der Waals surface area contributed by atoms with E-state index in [1.54, 1.807) is 25.4 Å². The Bertz CT molecular complexity index is 713. The number of carbonyl (C=O) groups excluding carboxylic acids is 1. The van der Waals surface area contributed by atoms with Crippen LogP contribution in [0.1, 0.15) is 30.1 Å². The zero-order chi connectivity index (χ0) is 16.1. The number of anilines is 1. The summed E-state index contributed by atoms with van der Waals surface area (Å²) in [7, 11) is 0. The molecule has 1 aromatic carbocycles. The van der Waals surface area contributed by atoms with Crippen LogP contribution in [0.25, 0.3) is 0 Å². The Morgan fingerprint density at radius 1 is 1.30 bits per heavy atom. The van der Waals surface area contributed by atoms with E-state index in [2.05, 4.69) is 22.0 Å². The summed E-state index contributed by atoms with van der Waals surface area (Å²) >= 11 is 0. The minimum absolute atomic E-state index is 0.341. The summed E-state index contributed by atoms with van der Waals surface area (Å²) in [5, 5.41) is 0. The van der Waals surface area contributed by atoms with Crippen LogP contribution in [-0.2, 0) is 4.74 Å². The Morgan fingerprint density at radius 3 is 2.91 bits per heavy atom. The van der Waals surface area contributed by atoms with Gasteiger partial charge in [-0.1, -0.05) is 18.2 Å². The lowest BCUT2D eigenvalue weighted by atomic mass is 10.2. The molecule has 3 rings (SSSR count). The van der Waals surface area contributed by atoms with Crippen molar-refractivity contribution in [2.45, 2.75) is 19.8 Å². The molecule has 0 unspecified atom stereocenters. The molecule has 2 aromatic rings. The summed E-state index contributed by atoms with van der Waals surface area (Å²) < 4.78 is 5.09. The van der Waals surface area contributed by atoms with Crippen molar-refractivity contribution in [1.29, 1.82) is 0 Å². The molecule has 1 fully saturated rings. The van der Waals surface area contributed by atoms with Crippen molar-refractivity contribution in [2.75, 3.05) is 18.1 Å². The second-order valence-corrected chi connectivity index (χ2v) is 5.23. The van der Waals surface area contributed by atoms with Gasteiger partial charge in [-0.2, -0.15) is 0 Å². The number of nitrogens with zero attached hydrogens (tertiary/aromatic N) is 3. The predicted molar refractivity (Wildman–Crippen MR) is 90.3 cm³/mol. The van der Waals surface area contributed by atoms with E-state index < -0.39 is 0 Å². The van der Waals surface area contributed by atoms with Crippen LogP contribution >= 0.6 is 0 Å². The van der Waals surface area contributed by atoms with Crippen LogP contribution in [0.15, 0.2) is 53.8 Å². The number of benzene rings is 1. The molecule has 5 heteroatoms. The first-order valence-corrected chi connectivity index (χ1v) is 7.81. The lowest BCUT2D eigenvalue weighted by molar-refractivity contribution is 0.0527. The van der Waals surface area contributed by atoms with Crippen molar-refractivity contribution in [3.8, 4) is 0 Å². The van der Waals surface area contributed by atoms with Crippen LogP contribution < -0.4 is 4.90 Å². The van der Waals surface area contributed by atoms with Gasteiger partial charge in [-0.15, -0.1) is 0 Å². The number of hydrogen-bond donors (Lipinski definition) is 0. The highest BCUT2D eigenvalue weighted by atomic mass is 16.5. The second kappa shape index (κ2) is 7.05. The summed E-state index contributed by atoms with van der Waals surface area (Å²) in [6.45, 7) is 3.06. The van der Waals surface area contributed by atoms with E-state index in [-0.39, 0.29) is 5.97 Å². The van der Waals surface area contributed by atoms with Gasteiger partial charge in [0, 0.05) is 24.8 Å². The number of carbonyl (C=O) groups is 1. The maximum atomic E-state index is 12.1. The van der Waals surface area contributed by atoms with Crippen LogP contribution in [-0.4, -0.2) is 29.9 Å². The smallest absolute Gasteiger partial charge is 0.340 e. The lowest BCUT2D eigenvalue weighted by Crippen LogP contribution is -2.24. The number of aliphatic imine (C=N–C) groups is 1. The lowest BCUT2D eigenvalue weighted by Gasteiger charge is -2.19. The van der Waals surface area contributed by atoms with E-state index in [4.69, 9.17) is 9.73 Å². The number of esters is 1. The first-order valence-electron chi connectivity index (χ1n) is 7.81. The van der Waals surface area contributed by atoms with Gasteiger partial charge in [-0.25, -0.2) is 9.79 Å². The topological polar surface area (TPSA) is 54.8 Å². The molecule has 1 aromatic heterocycles. The van der Waals surface area contributed by atoms with Crippen molar-refractivity contribution < 1.29 is 9.53 Å². The zero-order valence-corrected chi connectivity index (χ0v) is 13.1. The molecular weight excluding hydrogens is 290 g/mol. The minimum Gasteiger partial charge on any atom is -0.462 e. The fourth-order valence-electron chi connectivity index (χ4n) is 2.66. The number of amidine groups is 1. The first kappa shape index (κ1) is 15.2. The van der Waals surface area contributed by atoms with Gasteiger partial charge in [0.2, 0.25) is 0 Å². The molecule has 0 radical (unpaired) electrons. The Morgan fingerprint density at radius 2 is 2.13 bits per heavy atom. The molecule has 0 saturated carbocycles. The molecule has 1 aliphatic rings. The summed E-state index contributed by atoms with van der Waals surface area (Å²) in [6.07, 6.45) is 5.12. The number of ether oxygens (including phenoxy) is 1. The standard InChI is InChI=1S/C18H19N3O2/c1-2-23-18(22)15-10-11-19-13-16(15)20-17-9-6-12-21(17)14-7-4-3-5-8-14/h3-5,7-8,10-11,13H,2,6,9,12H2,1H3/b20-17+. The molecular formula is C18H19N3O2. The molecule has 118 valence electrons. The van der Waals surface area contributed by atoms with Crippen molar-refractivity contribution in [3.63, 3.8) is 0 Å². The van der Waals surface area contributed by atoms with Gasteiger partial charge < -0.3 is 9.64 Å². The monoisotopic (exact) mass is 309 g/mol. The van der Waals surface area contributed by atoms with Crippen molar-refractivity contribution >= 4 is 23.2 Å². The molecule has 5 nitrogen and oxygen atoms in total. The highest BCUT2D eigenvalue weighted by molar-refractivity contribution is 6.03. The Kier molecular flexibility index (Phi) is 4.66.